The Morgan fingerprint density at radius 2 is 2.19 bits per heavy atom. The highest BCUT2D eigenvalue weighted by Gasteiger charge is 2.06. The van der Waals surface area contributed by atoms with Gasteiger partial charge >= 0.3 is 0 Å². The molecule has 0 saturated carbocycles. The zero-order chi connectivity index (χ0) is 11.4. The van der Waals surface area contributed by atoms with Gasteiger partial charge in [0, 0.05) is 23.4 Å². The highest BCUT2D eigenvalue weighted by molar-refractivity contribution is 7.99. The maximum Gasteiger partial charge on any atom is 0.188 e. The quantitative estimate of drug-likeness (QED) is 0.652. The average molecular weight is 234 g/mol. The summed E-state index contributed by atoms with van der Waals surface area (Å²) in [5.41, 5.74) is 0.969. The molecule has 2 rings (SSSR count). The van der Waals surface area contributed by atoms with Crippen molar-refractivity contribution in [2.75, 3.05) is 6.61 Å². The molecule has 3 nitrogen and oxygen atoms in total. The van der Waals surface area contributed by atoms with Crippen molar-refractivity contribution in [3.05, 3.63) is 30.5 Å². The Morgan fingerprint density at radius 3 is 3.00 bits per heavy atom. The van der Waals surface area contributed by atoms with E-state index in [4.69, 9.17) is 5.11 Å². The number of rotatable bonds is 4. The van der Waals surface area contributed by atoms with Crippen LogP contribution in [0.5, 0.6) is 0 Å². The summed E-state index contributed by atoms with van der Waals surface area (Å²) in [6, 6.07) is 7.94. The number of aliphatic hydroxyl groups excluding tert-OH is 1. The van der Waals surface area contributed by atoms with Gasteiger partial charge in [-0.1, -0.05) is 36.9 Å². The van der Waals surface area contributed by atoms with Crippen molar-refractivity contribution in [1.29, 1.82) is 0 Å². The van der Waals surface area contributed by atoms with Crippen LogP contribution in [0.15, 0.2) is 35.6 Å². The molecule has 0 bridgehead atoms. The Labute approximate surface area is 98.9 Å². The van der Waals surface area contributed by atoms with E-state index in [0.717, 1.165) is 22.5 Å². The fourth-order valence-electron chi connectivity index (χ4n) is 1.43. The molecule has 1 atom stereocenters. The van der Waals surface area contributed by atoms with Crippen LogP contribution in [-0.4, -0.2) is 26.9 Å². The minimum Gasteiger partial charge on any atom is -0.396 e. The predicted molar refractivity (Wildman–Crippen MR) is 66.6 cm³/mol. The molecule has 1 heterocycles. The maximum atomic E-state index is 8.83. The van der Waals surface area contributed by atoms with Crippen LogP contribution in [0, 0.1) is 0 Å². The first-order valence-electron chi connectivity index (χ1n) is 5.29. The number of aliphatic hydroxyl groups is 1. The summed E-state index contributed by atoms with van der Waals surface area (Å²) in [4.78, 5) is 8.77. The topological polar surface area (TPSA) is 46.0 Å². The van der Waals surface area contributed by atoms with Gasteiger partial charge < -0.3 is 5.11 Å². The largest absolute Gasteiger partial charge is 0.396 e. The van der Waals surface area contributed by atoms with E-state index in [9.17, 15) is 0 Å². The minimum absolute atomic E-state index is 0.210. The van der Waals surface area contributed by atoms with Crippen molar-refractivity contribution >= 4 is 22.7 Å². The Bertz CT molecular complexity index is 475. The second-order valence-corrected chi connectivity index (χ2v) is 5.06. The van der Waals surface area contributed by atoms with E-state index in [0.29, 0.717) is 5.25 Å². The molecule has 1 unspecified atom stereocenters. The molecular formula is C12H14N2OS. The average Bonchev–Trinajstić information content (AvgIpc) is 2.29. The number of aromatic nitrogens is 2. The number of hydrogen-bond donors (Lipinski definition) is 1. The Morgan fingerprint density at radius 1 is 1.38 bits per heavy atom. The van der Waals surface area contributed by atoms with Crippen molar-refractivity contribution in [3.8, 4) is 0 Å². The molecule has 84 valence electrons. The first-order valence-corrected chi connectivity index (χ1v) is 6.17. The van der Waals surface area contributed by atoms with Crippen LogP contribution in [0.1, 0.15) is 13.3 Å². The van der Waals surface area contributed by atoms with Gasteiger partial charge in [0.25, 0.3) is 0 Å². The van der Waals surface area contributed by atoms with E-state index in [-0.39, 0.29) is 6.61 Å². The van der Waals surface area contributed by atoms with E-state index in [1.54, 1.807) is 11.8 Å². The summed E-state index contributed by atoms with van der Waals surface area (Å²) in [5.74, 6) is 0. The van der Waals surface area contributed by atoms with Gasteiger partial charge in [0.2, 0.25) is 0 Å². The fraction of sp³-hybridized carbons (Fsp3) is 0.333. The van der Waals surface area contributed by atoms with E-state index >= 15 is 0 Å². The van der Waals surface area contributed by atoms with Gasteiger partial charge in [-0.3, -0.25) is 0 Å². The molecule has 1 aromatic carbocycles. The predicted octanol–water partition coefficient (Wildman–Crippen LogP) is 2.49. The van der Waals surface area contributed by atoms with Crippen molar-refractivity contribution in [3.63, 3.8) is 0 Å². The third-order valence-corrected chi connectivity index (χ3v) is 3.35. The van der Waals surface area contributed by atoms with E-state index < -0.39 is 0 Å². The number of fused-ring (bicyclic) bond motifs is 1. The highest BCUT2D eigenvalue weighted by Crippen LogP contribution is 2.22. The molecule has 0 fully saturated rings. The van der Waals surface area contributed by atoms with Crippen LogP contribution in [0.3, 0.4) is 0 Å². The molecule has 2 aromatic rings. The SMILES string of the molecule is CC(CCO)Sc1ncc2ccccc2n1. The van der Waals surface area contributed by atoms with Crippen LogP contribution in [0.2, 0.25) is 0 Å². The van der Waals surface area contributed by atoms with Crippen molar-refractivity contribution in [2.24, 2.45) is 0 Å². The summed E-state index contributed by atoms with van der Waals surface area (Å²) in [5, 5.41) is 11.0. The Hall–Kier alpha value is -1.13. The Kier molecular flexibility index (Phi) is 3.74. The first-order chi connectivity index (χ1) is 7.79. The second kappa shape index (κ2) is 5.27. The monoisotopic (exact) mass is 234 g/mol. The normalized spacial score (nSPS) is 12.9. The summed E-state index contributed by atoms with van der Waals surface area (Å²) in [6.45, 7) is 2.28. The molecule has 1 aromatic heterocycles. The molecule has 0 spiro atoms. The fourth-order valence-corrected chi connectivity index (χ4v) is 2.28. The van der Waals surface area contributed by atoms with Crippen LogP contribution >= 0.6 is 11.8 Å². The molecule has 1 N–H and O–H groups in total. The van der Waals surface area contributed by atoms with Crippen LogP contribution in [0.25, 0.3) is 10.9 Å². The third-order valence-electron chi connectivity index (χ3n) is 2.31. The number of thioether (sulfide) groups is 1. The summed E-state index contributed by atoms with van der Waals surface area (Å²) >= 11 is 1.60. The molecule has 0 aliphatic rings. The number of benzene rings is 1. The minimum atomic E-state index is 0.210. The smallest absolute Gasteiger partial charge is 0.188 e. The molecule has 0 saturated heterocycles. The van der Waals surface area contributed by atoms with Gasteiger partial charge in [0.05, 0.1) is 5.52 Å². The number of para-hydroxylation sites is 1. The van der Waals surface area contributed by atoms with Crippen LogP contribution < -0.4 is 0 Å². The van der Waals surface area contributed by atoms with Gasteiger partial charge in [-0.25, -0.2) is 9.97 Å². The zero-order valence-electron chi connectivity index (χ0n) is 9.13. The van der Waals surface area contributed by atoms with Gasteiger partial charge in [0.1, 0.15) is 0 Å². The highest BCUT2D eigenvalue weighted by atomic mass is 32.2. The van der Waals surface area contributed by atoms with Crippen molar-refractivity contribution < 1.29 is 5.11 Å². The lowest BCUT2D eigenvalue weighted by Crippen LogP contribution is -2.00. The van der Waals surface area contributed by atoms with Crippen LogP contribution in [-0.2, 0) is 0 Å². The lowest BCUT2D eigenvalue weighted by Gasteiger charge is -2.07. The molecule has 4 heteroatoms. The number of hydrogen-bond acceptors (Lipinski definition) is 4. The molecule has 16 heavy (non-hydrogen) atoms. The van der Waals surface area contributed by atoms with E-state index in [1.807, 2.05) is 30.5 Å². The van der Waals surface area contributed by atoms with E-state index in [1.165, 1.54) is 0 Å². The van der Waals surface area contributed by atoms with Gasteiger partial charge in [-0.15, -0.1) is 0 Å². The molecular weight excluding hydrogens is 220 g/mol. The summed E-state index contributed by atoms with van der Waals surface area (Å²) < 4.78 is 0. The molecule has 0 aliphatic heterocycles. The van der Waals surface area contributed by atoms with Crippen molar-refractivity contribution in [2.45, 2.75) is 23.8 Å². The molecule has 0 aliphatic carbocycles. The maximum absolute atomic E-state index is 8.83. The van der Waals surface area contributed by atoms with Gasteiger partial charge in [0.15, 0.2) is 5.16 Å². The lowest BCUT2D eigenvalue weighted by atomic mass is 10.2. The van der Waals surface area contributed by atoms with Crippen molar-refractivity contribution in [1.82, 2.24) is 9.97 Å². The standard InChI is InChI=1S/C12H14N2OS/c1-9(6-7-15)16-12-13-8-10-4-2-3-5-11(10)14-12/h2-5,8-9,15H,6-7H2,1H3. The van der Waals surface area contributed by atoms with Gasteiger partial charge in [-0.05, 0) is 12.5 Å². The molecule has 0 amide bonds. The second-order valence-electron chi connectivity index (χ2n) is 3.65. The summed E-state index contributed by atoms with van der Waals surface area (Å²) in [6.07, 6.45) is 2.61. The summed E-state index contributed by atoms with van der Waals surface area (Å²) in [7, 11) is 0. The zero-order valence-corrected chi connectivity index (χ0v) is 9.94. The molecule has 0 radical (unpaired) electrons. The third kappa shape index (κ3) is 2.71. The number of nitrogens with zero attached hydrogens (tertiary/aromatic N) is 2. The lowest BCUT2D eigenvalue weighted by molar-refractivity contribution is 0.289. The van der Waals surface area contributed by atoms with E-state index in [2.05, 4.69) is 16.9 Å². The van der Waals surface area contributed by atoms with Crippen LogP contribution in [0.4, 0.5) is 0 Å². The Balaban J connectivity index is 2.19. The van der Waals surface area contributed by atoms with Gasteiger partial charge in [-0.2, -0.15) is 0 Å². The first kappa shape index (κ1) is 11.4.